The van der Waals surface area contributed by atoms with E-state index in [1.54, 1.807) is 26.6 Å². The molecule has 0 saturated heterocycles. The minimum absolute atomic E-state index is 0.0434. The summed E-state index contributed by atoms with van der Waals surface area (Å²) >= 11 is 0. The molecule has 3 rings (SSSR count). The highest BCUT2D eigenvalue weighted by Crippen LogP contribution is 2.25. The lowest BCUT2D eigenvalue weighted by atomic mass is 10.2. The van der Waals surface area contributed by atoms with Crippen LogP contribution in [0.5, 0.6) is 5.75 Å². The van der Waals surface area contributed by atoms with E-state index in [1.165, 1.54) is 6.33 Å². The van der Waals surface area contributed by atoms with Crippen LogP contribution in [0.15, 0.2) is 24.8 Å². The molecule has 0 radical (unpaired) electrons. The van der Waals surface area contributed by atoms with Crippen molar-refractivity contribution < 1.29 is 13.9 Å². The smallest absolute Gasteiger partial charge is 0.255 e. The predicted octanol–water partition coefficient (Wildman–Crippen LogP) is 1.93. The average molecular weight is 372 g/mol. The summed E-state index contributed by atoms with van der Waals surface area (Å²) in [5.41, 5.74) is 3.35. The molecule has 9 heteroatoms. The number of carbonyl (C=O) groups excluding carboxylic acids is 1. The van der Waals surface area contributed by atoms with Gasteiger partial charge in [-0.15, -0.1) is 0 Å². The second-order valence-corrected chi connectivity index (χ2v) is 5.90. The SMILES string of the molecule is CNc1ncnc(Cn2cc(C(=O)NCCF)c3ncc(OC)cc32)c1C. The molecular formula is C18H21FN6O2. The van der Waals surface area contributed by atoms with E-state index in [2.05, 4.69) is 25.6 Å². The van der Waals surface area contributed by atoms with E-state index in [9.17, 15) is 9.18 Å². The fourth-order valence-electron chi connectivity index (χ4n) is 2.87. The summed E-state index contributed by atoms with van der Waals surface area (Å²) < 4.78 is 19.6. The first-order valence-corrected chi connectivity index (χ1v) is 8.44. The van der Waals surface area contributed by atoms with Gasteiger partial charge in [0.2, 0.25) is 0 Å². The number of methoxy groups -OCH3 is 1. The van der Waals surface area contributed by atoms with Crippen LogP contribution in [0.4, 0.5) is 10.2 Å². The van der Waals surface area contributed by atoms with E-state index in [0.29, 0.717) is 23.4 Å². The Labute approximate surface area is 155 Å². The van der Waals surface area contributed by atoms with Crippen LogP contribution < -0.4 is 15.4 Å². The normalized spacial score (nSPS) is 10.8. The van der Waals surface area contributed by atoms with Gasteiger partial charge >= 0.3 is 0 Å². The molecule has 27 heavy (non-hydrogen) atoms. The van der Waals surface area contributed by atoms with E-state index in [4.69, 9.17) is 4.74 Å². The summed E-state index contributed by atoms with van der Waals surface area (Å²) in [4.78, 5) is 25.3. The molecule has 0 unspecified atom stereocenters. The molecule has 0 aliphatic heterocycles. The largest absolute Gasteiger partial charge is 0.495 e. The number of hydrogen-bond donors (Lipinski definition) is 2. The highest BCUT2D eigenvalue weighted by atomic mass is 19.1. The molecule has 0 aromatic carbocycles. The second kappa shape index (κ2) is 7.98. The van der Waals surface area contributed by atoms with Crippen LogP contribution in [0.3, 0.4) is 0 Å². The Balaban J connectivity index is 2.07. The molecule has 0 saturated carbocycles. The van der Waals surface area contributed by atoms with Crippen LogP contribution in [0, 0.1) is 6.92 Å². The molecule has 3 aromatic rings. The number of nitrogens with one attached hydrogen (secondary N) is 2. The quantitative estimate of drug-likeness (QED) is 0.658. The van der Waals surface area contributed by atoms with E-state index in [-0.39, 0.29) is 12.5 Å². The second-order valence-electron chi connectivity index (χ2n) is 5.90. The third kappa shape index (κ3) is 3.67. The predicted molar refractivity (Wildman–Crippen MR) is 100 cm³/mol. The van der Waals surface area contributed by atoms with Crippen molar-refractivity contribution in [2.24, 2.45) is 0 Å². The van der Waals surface area contributed by atoms with Crippen molar-refractivity contribution in [1.29, 1.82) is 0 Å². The van der Waals surface area contributed by atoms with Crippen molar-refractivity contribution in [2.75, 3.05) is 32.7 Å². The number of fused-ring (bicyclic) bond motifs is 1. The highest BCUT2D eigenvalue weighted by molar-refractivity contribution is 6.05. The van der Waals surface area contributed by atoms with Crippen LogP contribution >= 0.6 is 0 Å². The van der Waals surface area contributed by atoms with Gasteiger partial charge in [0, 0.05) is 31.4 Å². The molecule has 0 aliphatic carbocycles. The van der Waals surface area contributed by atoms with Gasteiger partial charge in [0.25, 0.3) is 5.91 Å². The van der Waals surface area contributed by atoms with Crippen LogP contribution in [0.1, 0.15) is 21.6 Å². The number of amides is 1. The summed E-state index contributed by atoms with van der Waals surface area (Å²) in [5.74, 6) is 0.949. The zero-order chi connectivity index (χ0) is 19.4. The van der Waals surface area contributed by atoms with Crippen LogP contribution in [0.2, 0.25) is 0 Å². The van der Waals surface area contributed by atoms with E-state index in [1.807, 2.05) is 17.6 Å². The Bertz CT molecular complexity index is 972. The van der Waals surface area contributed by atoms with Gasteiger partial charge in [0.15, 0.2) is 0 Å². The van der Waals surface area contributed by atoms with Gasteiger partial charge in [0.1, 0.15) is 30.1 Å². The number of aromatic nitrogens is 4. The fraction of sp³-hybridized carbons (Fsp3) is 0.333. The van der Waals surface area contributed by atoms with E-state index in [0.717, 1.165) is 22.6 Å². The van der Waals surface area contributed by atoms with Crippen LogP contribution in [-0.2, 0) is 6.54 Å². The van der Waals surface area contributed by atoms with Crippen molar-refractivity contribution in [3.63, 3.8) is 0 Å². The standard InChI is InChI=1S/C18H21FN6O2/c1-11-14(23-10-24-17(11)20-2)9-25-8-13(18(26)21-5-4-19)16-15(25)6-12(27-3)7-22-16/h6-8,10H,4-5,9H2,1-3H3,(H,21,26)(H,20,23,24). The number of carbonyl (C=O) groups is 1. The summed E-state index contributed by atoms with van der Waals surface area (Å²) in [7, 11) is 3.35. The summed E-state index contributed by atoms with van der Waals surface area (Å²) in [6, 6.07) is 1.81. The van der Waals surface area contributed by atoms with Crippen molar-refractivity contribution in [1.82, 2.24) is 24.8 Å². The van der Waals surface area contributed by atoms with Crippen molar-refractivity contribution >= 4 is 22.8 Å². The number of ether oxygens (including phenoxy) is 1. The van der Waals surface area contributed by atoms with Crippen LogP contribution in [0.25, 0.3) is 11.0 Å². The average Bonchev–Trinajstić information content (AvgIpc) is 3.05. The zero-order valence-electron chi connectivity index (χ0n) is 15.4. The third-order valence-electron chi connectivity index (χ3n) is 4.30. The first-order valence-electron chi connectivity index (χ1n) is 8.44. The van der Waals surface area contributed by atoms with Gasteiger partial charge in [-0.3, -0.25) is 4.79 Å². The summed E-state index contributed by atoms with van der Waals surface area (Å²) in [5, 5.41) is 5.57. The van der Waals surface area contributed by atoms with Gasteiger partial charge in [-0.2, -0.15) is 0 Å². The number of pyridine rings is 1. The topological polar surface area (TPSA) is 94.0 Å². The molecule has 2 N–H and O–H groups in total. The molecule has 0 bridgehead atoms. The maximum Gasteiger partial charge on any atom is 0.255 e. The maximum absolute atomic E-state index is 12.4. The third-order valence-corrected chi connectivity index (χ3v) is 4.30. The van der Waals surface area contributed by atoms with Gasteiger partial charge in [-0.1, -0.05) is 0 Å². The van der Waals surface area contributed by atoms with Crippen molar-refractivity contribution in [3.8, 4) is 5.75 Å². The molecule has 0 fully saturated rings. The summed E-state index contributed by atoms with van der Waals surface area (Å²) in [6.45, 7) is 1.68. The lowest BCUT2D eigenvalue weighted by Gasteiger charge is -2.10. The molecule has 142 valence electrons. The van der Waals surface area contributed by atoms with Gasteiger partial charge in [0.05, 0.1) is 36.6 Å². The van der Waals surface area contributed by atoms with Crippen LogP contribution in [-0.4, -0.2) is 52.8 Å². The molecule has 8 nitrogen and oxygen atoms in total. The van der Waals surface area contributed by atoms with E-state index >= 15 is 0 Å². The molecular weight excluding hydrogens is 351 g/mol. The lowest BCUT2D eigenvalue weighted by molar-refractivity contribution is 0.0952. The number of hydrogen-bond acceptors (Lipinski definition) is 6. The Morgan fingerprint density at radius 2 is 2.15 bits per heavy atom. The molecule has 3 heterocycles. The summed E-state index contributed by atoms with van der Waals surface area (Å²) in [6.07, 6.45) is 4.74. The maximum atomic E-state index is 12.4. The Hall–Kier alpha value is -3.23. The van der Waals surface area contributed by atoms with Gasteiger partial charge < -0.3 is 19.9 Å². The molecule has 3 aromatic heterocycles. The molecule has 1 amide bonds. The Kier molecular flexibility index (Phi) is 5.49. The zero-order valence-corrected chi connectivity index (χ0v) is 15.4. The lowest BCUT2D eigenvalue weighted by Crippen LogP contribution is -2.25. The number of nitrogens with zero attached hydrogens (tertiary/aromatic N) is 4. The minimum Gasteiger partial charge on any atom is -0.495 e. The first-order chi connectivity index (χ1) is 13.1. The number of alkyl halides is 1. The van der Waals surface area contributed by atoms with Gasteiger partial charge in [-0.25, -0.2) is 19.3 Å². The molecule has 0 atom stereocenters. The van der Waals surface area contributed by atoms with Gasteiger partial charge in [-0.05, 0) is 6.92 Å². The van der Waals surface area contributed by atoms with E-state index < -0.39 is 6.67 Å². The number of anilines is 1. The minimum atomic E-state index is -0.626. The van der Waals surface area contributed by atoms with Crippen molar-refractivity contribution in [2.45, 2.75) is 13.5 Å². The Morgan fingerprint density at radius 1 is 1.33 bits per heavy atom. The Morgan fingerprint density at radius 3 is 2.85 bits per heavy atom. The number of halogens is 1. The molecule has 0 spiro atoms. The highest BCUT2D eigenvalue weighted by Gasteiger charge is 2.18. The first kappa shape index (κ1) is 18.6. The number of rotatable bonds is 7. The van der Waals surface area contributed by atoms with Crippen molar-refractivity contribution in [3.05, 3.63) is 41.6 Å². The fourth-order valence-corrected chi connectivity index (χ4v) is 2.87. The molecule has 0 aliphatic rings. The monoisotopic (exact) mass is 372 g/mol.